The third-order valence-corrected chi connectivity index (χ3v) is 6.01. The first-order valence-electron chi connectivity index (χ1n) is 10.5. The second-order valence-corrected chi connectivity index (χ2v) is 8.14. The number of rotatable bonds is 4. The smallest absolute Gasteiger partial charge is 0.291 e. The molecule has 0 spiro atoms. The number of nitrogens with zero attached hydrogens (tertiary/aromatic N) is 1. The number of furan rings is 1. The Morgan fingerprint density at radius 2 is 1.81 bits per heavy atom. The summed E-state index contributed by atoms with van der Waals surface area (Å²) >= 11 is 0. The topological polar surface area (TPSA) is 63.7 Å². The molecule has 1 amide bonds. The number of hydrogen-bond acceptors (Lipinski definition) is 4. The van der Waals surface area contributed by atoms with E-state index in [1.807, 2.05) is 56.3 Å². The van der Waals surface area contributed by atoms with Crippen LogP contribution in [0, 0.1) is 13.8 Å². The summed E-state index contributed by atoms with van der Waals surface area (Å²) in [6.45, 7) is 6.20. The van der Waals surface area contributed by atoms with Crippen LogP contribution >= 0.6 is 0 Å². The van der Waals surface area contributed by atoms with Gasteiger partial charge in [0.1, 0.15) is 11.3 Å². The number of fused-ring (bicyclic) bond motifs is 2. The summed E-state index contributed by atoms with van der Waals surface area (Å²) in [4.78, 5) is 28.8. The van der Waals surface area contributed by atoms with Gasteiger partial charge in [0.05, 0.1) is 29.8 Å². The zero-order valence-corrected chi connectivity index (χ0v) is 17.8. The van der Waals surface area contributed by atoms with Crippen molar-refractivity contribution in [1.82, 2.24) is 4.90 Å². The van der Waals surface area contributed by atoms with Crippen molar-refractivity contribution in [3.05, 3.63) is 104 Å². The first-order valence-corrected chi connectivity index (χ1v) is 10.5. The molecule has 0 fully saturated rings. The highest BCUT2D eigenvalue weighted by atomic mass is 16.4. The molecule has 156 valence electrons. The summed E-state index contributed by atoms with van der Waals surface area (Å²) in [6.07, 6.45) is 2.50. The van der Waals surface area contributed by atoms with Crippen molar-refractivity contribution in [3.8, 4) is 0 Å². The fourth-order valence-corrected chi connectivity index (χ4v) is 4.49. The Hall–Kier alpha value is -3.60. The largest absolute Gasteiger partial charge is 0.467 e. The zero-order valence-electron chi connectivity index (χ0n) is 17.8. The van der Waals surface area contributed by atoms with Crippen LogP contribution in [0.1, 0.15) is 57.1 Å². The van der Waals surface area contributed by atoms with Crippen molar-refractivity contribution in [1.29, 1.82) is 0 Å². The molecule has 0 bridgehead atoms. The van der Waals surface area contributed by atoms with Crippen LogP contribution in [0.15, 0.2) is 68.4 Å². The van der Waals surface area contributed by atoms with Gasteiger partial charge in [0.25, 0.3) is 5.91 Å². The monoisotopic (exact) mass is 413 g/mol. The molecule has 1 aliphatic rings. The van der Waals surface area contributed by atoms with Crippen LogP contribution in [0.25, 0.3) is 11.0 Å². The maximum atomic E-state index is 13.7. The second kappa shape index (κ2) is 7.27. The van der Waals surface area contributed by atoms with E-state index in [0.717, 1.165) is 23.1 Å². The van der Waals surface area contributed by atoms with Crippen molar-refractivity contribution in [2.24, 2.45) is 0 Å². The molecule has 2 aromatic heterocycles. The minimum absolute atomic E-state index is 0.126. The van der Waals surface area contributed by atoms with Crippen LogP contribution in [0.4, 0.5) is 0 Å². The lowest BCUT2D eigenvalue weighted by Gasteiger charge is -2.24. The van der Waals surface area contributed by atoms with E-state index >= 15 is 0 Å². The molecule has 5 heteroatoms. The van der Waals surface area contributed by atoms with E-state index in [2.05, 4.69) is 6.92 Å². The number of carbonyl (C=O) groups excluding carboxylic acids is 1. The van der Waals surface area contributed by atoms with Crippen molar-refractivity contribution in [2.75, 3.05) is 0 Å². The molecule has 4 aromatic rings. The third kappa shape index (κ3) is 3.08. The molecular weight excluding hydrogens is 390 g/mol. The predicted molar refractivity (Wildman–Crippen MR) is 118 cm³/mol. The van der Waals surface area contributed by atoms with Crippen molar-refractivity contribution in [2.45, 2.75) is 39.8 Å². The quantitative estimate of drug-likeness (QED) is 0.455. The van der Waals surface area contributed by atoms with E-state index < -0.39 is 6.04 Å². The highest BCUT2D eigenvalue weighted by Gasteiger charge is 2.43. The average Bonchev–Trinajstić information content (AvgIpc) is 3.37. The fourth-order valence-electron chi connectivity index (χ4n) is 4.49. The standard InChI is InChI=1S/C26H23NO4/c1-4-17-7-9-18(10-8-17)22-21-23(28)20-13-15(2)12-16(3)24(20)31-25(21)26(29)27(22)14-19-6-5-11-30-19/h5-13,22H,4,14H2,1-3H3. The van der Waals surface area contributed by atoms with Crippen LogP contribution in [-0.2, 0) is 13.0 Å². The summed E-state index contributed by atoms with van der Waals surface area (Å²) in [6, 6.07) is 15.0. The Labute approximate surface area is 179 Å². The van der Waals surface area contributed by atoms with Crippen molar-refractivity contribution in [3.63, 3.8) is 0 Å². The zero-order chi connectivity index (χ0) is 21.7. The lowest BCUT2D eigenvalue weighted by molar-refractivity contribution is 0.0701. The molecule has 31 heavy (non-hydrogen) atoms. The van der Waals surface area contributed by atoms with Gasteiger partial charge in [-0.25, -0.2) is 0 Å². The number of carbonyl (C=O) groups is 1. The highest BCUT2D eigenvalue weighted by Crippen LogP contribution is 2.39. The van der Waals surface area contributed by atoms with Crippen molar-refractivity contribution >= 4 is 16.9 Å². The minimum Gasteiger partial charge on any atom is -0.467 e. The van der Waals surface area contributed by atoms with E-state index in [1.54, 1.807) is 17.2 Å². The fraction of sp³-hybridized carbons (Fsp3) is 0.231. The summed E-state index contributed by atoms with van der Waals surface area (Å²) in [7, 11) is 0. The third-order valence-electron chi connectivity index (χ3n) is 6.01. The van der Waals surface area contributed by atoms with Crippen LogP contribution < -0.4 is 5.43 Å². The van der Waals surface area contributed by atoms with Gasteiger partial charge < -0.3 is 13.7 Å². The minimum atomic E-state index is -0.528. The Bertz CT molecular complexity index is 1350. The highest BCUT2D eigenvalue weighted by molar-refractivity contribution is 5.99. The first kappa shape index (κ1) is 19.4. The second-order valence-electron chi connectivity index (χ2n) is 8.14. The molecule has 1 aliphatic heterocycles. The number of amides is 1. The van der Waals surface area contributed by atoms with E-state index in [9.17, 15) is 9.59 Å². The molecular formula is C26H23NO4. The predicted octanol–water partition coefficient (Wildman–Crippen LogP) is 5.31. The molecule has 5 rings (SSSR count). The summed E-state index contributed by atoms with van der Waals surface area (Å²) in [5, 5.41) is 0.513. The molecule has 2 aromatic carbocycles. The van der Waals surface area contributed by atoms with E-state index in [4.69, 9.17) is 8.83 Å². The maximum Gasteiger partial charge on any atom is 0.291 e. The van der Waals surface area contributed by atoms with Crippen LogP contribution in [-0.4, -0.2) is 10.8 Å². The Morgan fingerprint density at radius 1 is 1.03 bits per heavy atom. The summed E-state index contributed by atoms with van der Waals surface area (Å²) in [5.74, 6) is 0.482. The van der Waals surface area contributed by atoms with Gasteiger partial charge in [-0.15, -0.1) is 0 Å². The summed E-state index contributed by atoms with van der Waals surface area (Å²) < 4.78 is 11.6. The maximum absolute atomic E-state index is 13.7. The molecule has 0 saturated heterocycles. The molecule has 0 N–H and O–H groups in total. The lowest BCUT2D eigenvalue weighted by Crippen LogP contribution is -2.29. The van der Waals surface area contributed by atoms with E-state index in [-0.39, 0.29) is 23.6 Å². The van der Waals surface area contributed by atoms with Crippen LogP contribution in [0.3, 0.4) is 0 Å². The lowest BCUT2D eigenvalue weighted by atomic mass is 9.96. The average molecular weight is 413 g/mol. The van der Waals surface area contributed by atoms with Gasteiger partial charge in [-0.1, -0.05) is 37.3 Å². The van der Waals surface area contributed by atoms with Gasteiger partial charge >= 0.3 is 0 Å². The molecule has 0 saturated carbocycles. The van der Waals surface area contributed by atoms with Gasteiger partial charge in [-0.05, 0) is 60.7 Å². The SMILES string of the molecule is CCc1ccc(C2c3c(oc4c(C)cc(C)cc4c3=O)C(=O)N2Cc2ccco2)cc1. The van der Waals surface area contributed by atoms with Gasteiger partial charge in [-0.2, -0.15) is 0 Å². The molecule has 5 nitrogen and oxygen atoms in total. The number of benzene rings is 2. The number of hydrogen-bond donors (Lipinski definition) is 0. The first-order chi connectivity index (χ1) is 15.0. The molecule has 1 atom stereocenters. The Balaban J connectivity index is 1.75. The van der Waals surface area contributed by atoms with E-state index in [1.165, 1.54) is 5.56 Å². The van der Waals surface area contributed by atoms with Gasteiger partial charge in [0.15, 0.2) is 5.43 Å². The molecule has 3 heterocycles. The van der Waals surface area contributed by atoms with Gasteiger partial charge in [0, 0.05) is 0 Å². The Morgan fingerprint density at radius 3 is 2.48 bits per heavy atom. The van der Waals surface area contributed by atoms with E-state index in [0.29, 0.717) is 22.3 Å². The van der Waals surface area contributed by atoms with Crippen molar-refractivity contribution < 1.29 is 13.6 Å². The van der Waals surface area contributed by atoms with Crippen LogP contribution in [0.2, 0.25) is 0 Å². The summed E-state index contributed by atoms with van der Waals surface area (Å²) in [5.41, 5.74) is 4.63. The molecule has 0 radical (unpaired) electrons. The van der Waals surface area contributed by atoms with Gasteiger partial charge in [-0.3, -0.25) is 9.59 Å². The van der Waals surface area contributed by atoms with Crippen LogP contribution in [0.5, 0.6) is 0 Å². The molecule has 1 unspecified atom stereocenters. The normalized spacial score (nSPS) is 15.6. The van der Waals surface area contributed by atoms with Gasteiger partial charge in [0.2, 0.25) is 5.76 Å². The Kier molecular flexibility index (Phi) is 4.54. The molecule has 0 aliphatic carbocycles. The number of aryl methyl sites for hydroxylation is 3.